The van der Waals surface area contributed by atoms with Crippen LogP contribution in [0.15, 0.2) is 78.4 Å². The van der Waals surface area contributed by atoms with Crippen LogP contribution in [0.5, 0.6) is 5.75 Å². The largest absolute Gasteiger partial charge is 0.489 e. The molecule has 0 radical (unpaired) electrons. The van der Waals surface area contributed by atoms with Crippen LogP contribution in [0, 0.1) is 0 Å². The van der Waals surface area contributed by atoms with Gasteiger partial charge < -0.3 is 4.74 Å². The van der Waals surface area contributed by atoms with E-state index in [4.69, 9.17) is 16.3 Å². The van der Waals surface area contributed by atoms with Gasteiger partial charge in [-0.05, 0) is 35.4 Å². The fourth-order valence-electron chi connectivity index (χ4n) is 3.14. The van der Waals surface area contributed by atoms with E-state index in [-0.39, 0.29) is 5.78 Å². The smallest absolute Gasteiger partial charge is 0.189 e. The number of hydrogen-bond acceptors (Lipinski definition) is 2. The van der Waals surface area contributed by atoms with Crippen molar-refractivity contribution in [3.8, 4) is 5.75 Å². The molecule has 0 heterocycles. The molecule has 4 rings (SSSR count). The van der Waals surface area contributed by atoms with Crippen LogP contribution < -0.4 is 4.74 Å². The number of carbonyl (C=O) groups excluding carboxylic acids is 1. The second-order valence-corrected chi connectivity index (χ2v) is 6.69. The molecule has 3 aromatic rings. The van der Waals surface area contributed by atoms with Gasteiger partial charge in [-0.2, -0.15) is 0 Å². The van der Waals surface area contributed by atoms with E-state index in [0.717, 1.165) is 33.6 Å². The fourth-order valence-corrected chi connectivity index (χ4v) is 3.33. The van der Waals surface area contributed by atoms with Gasteiger partial charge in [0.2, 0.25) is 0 Å². The summed E-state index contributed by atoms with van der Waals surface area (Å²) in [6, 6.07) is 23.2. The van der Waals surface area contributed by atoms with Crippen molar-refractivity contribution in [1.82, 2.24) is 0 Å². The Labute approximate surface area is 157 Å². The lowest BCUT2D eigenvalue weighted by Gasteiger charge is -2.08. The molecule has 0 bridgehead atoms. The molecule has 0 saturated heterocycles. The van der Waals surface area contributed by atoms with Crippen molar-refractivity contribution in [2.24, 2.45) is 0 Å². The SMILES string of the molecule is O=C1/C(=C/c2cccc(OCc3ccccc3Cl)c2)Cc2ccccc21. The minimum atomic E-state index is 0.114. The van der Waals surface area contributed by atoms with Gasteiger partial charge in [0.15, 0.2) is 5.78 Å². The summed E-state index contributed by atoms with van der Waals surface area (Å²) in [6.45, 7) is 0.407. The predicted molar refractivity (Wildman–Crippen MR) is 105 cm³/mol. The molecule has 0 amide bonds. The Hall–Kier alpha value is -2.84. The first-order valence-corrected chi connectivity index (χ1v) is 8.88. The number of fused-ring (bicyclic) bond motifs is 1. The summed E-state index contributed by atoms with van der Waals surface area (Å²) in [6.07, 6.45) is 2.63. The molecule has 3 heteroatoms. The minimum Gasteiger partial charge on any atom is -0.489 e. The topological polar surface area (TPSA) is 26.3 Å². The number of halogens is 1. The van der Waals surface area contributed by atoms with Crippen molar-refractivity contribution >= 4 is 23.5 Å². The van der Waals surface area contributed by atoms with Gasteiger partial charge >= 0.3 is 0 Å². The number of ether oxygens (including phenoxy) is 1. The van der Waals surface area contributed by atoms with Crippen LogP contribution >= 0.6 is 11.6 Å². The van der Waals surface area contributed by atoms with Gasteiger partial charge in [0, 0.05) is 28.1 Å². The second kappa shape index (κ2) is 7.19. The maximum Gasteiger partial charge on any atom is 0.189 e. The van der Waals surface area contributed by atoms with Crippen molar-refractivity contribution in [1.29, 1.82) is 0 Å². The van der Waals surface area contributed by atoms with E-state index in [0.29, 0.717) is 18.1 Å². The van der Waals surface area contributed by atoms with Gasteiger partial charge in [-0.1, -0.05) is 66.2 Å². The fraction of sp³-hybridized carbons (Fsp3) is 0.0870. The summed E-state index contributed by atoms with van der Waals surface area (Å²) < 4.78 is 5.87. The highest BCUT2D eigenvalue weighted by Crippen LogP contribution is 2.28. The highest BCUT2D eigenvalue weighted by molar-refractivity contribution is 6.31. The number of Topliss-reactive ketones (excluding diaryl/α,β-unsaturated/α-hetero) is 1. The zero-order valence-corrected chi connectivity index (χ0v) is 14.9. The van der Waals surface area contributed by atoms with Crippen LogP contribution in [-0.4, -0.2) is 5.78 Å². The maximum atomic E-state index is 12.5. The molecule has 2 nitrogen and oxygen atoms in total. The van der Waals surface area contributed by atoms with E-state index in [9.17, 15) is 4.79 Å². The Morgan fingerprint density at radius 2 is 1.77 bits per heavy atom. The van der Waals surface area contributed by atoms with E-state index in [1.54, 1.807) is 0 Å². The third-order valence-corrected chi connectivity index (χ3v) is 4.85. The van der Waals surface area contributed by atoms with Crippen molar-refractivity contribution < 1.29 is 9.53 Å². The van der Waals surface area contributed by atoms with Crippen LogP contribution in [0.2, 0.25) is 5.02 Å². The van der Waals surface area contributed by atoms with E-state index in [1.807, 2.05) is 78.9 Å². The monoisotopic (exact) mass is 360 g/mol. The zero-order chi connectivity index (χ0) is 17.9. The lowest BCUT2D eigenvalue weighted by Crippen LogP contribution is -1.97. The molecule has 0 saturated carbocycles. The lowest BCUT2D eigenvalue weighted by atomic mass is 10.1. The number of benzene rings is 3. The summed E-state index contributed by atoms with van der Waals surface area (Å²) in [4.78, 5) is 12.5. The third kappa shape index (κ3) is 3.42. The number of carbonyl (C=O) groups is 1. The standard InChI is InChI=1S/C23H17ClO2/c24-22-11-4-2-8-18(22)15-26-20-9-5-6-16(13-20)12-19-14-17-7-1-3-10-21(17)23(19)25/h1-13H,14-15H2/b19-12+. The third-order valence-electron chi connectivity index (χ3n) is 4.49. The molecular formula is C23H17ClO2. The van der Waals surface area contributed by atoms with E-state index in [2.05, 4.69) is 0 Å². The first-order chi connectivity index (χ1) is 12.7. The van der Waals surface area contributed by atoms with Gasteiger partial charge in [0.05, 0.1) is 0 Å². The molecule has 0 unspecified atom stereocenters. The molecule has 0 aliphatic heterocycles. The molecule has 1 aliphatic carbocycles. The molecule has 3 aromatic carbocycles. The Morgan fingerprint density at radius 1 is 0.962 bits per heavy atom. The number of allylic oxidation sites excluding steroid dienone is 1. The van der Waals surface area contributed by atoms with Crippen molar-refractivity contribution in [2.45, 2.75) is 13.0 Å². The van der Waals surface area contributed by atoms with Crippen LogP contribution in [0.4, 0.5) is 0 Å². The summed E-state index contributed by atoms with van der Waals surface area (Å²) in [5, 5.41) is 0.695. The summed E-state index contributed by atoms with van der Waals surface area (Å²) in [5.74, 6) is 0.866. The number of rotatable bonds is 4. The van der Waals surface area contributed by atoms with Gasteiger partial charge in [0.1, 0.15) is 12.4 Å². The van der Waals surface area contributed by atoms with Crippen LogP contribution in [-0.2, 0) is 13.0 Å². The molecule has 0 atom stereocenters. The number of hydrogen-bond donors (Lipinski definition) is 0. The van der Waals surface area contributed by atoms with Crippen molar-refractivity contribution in [3.63, 3.8) is 0 Å². The summed E-state index contributed by atoms with van der Waals surface area (Å²) in [7, 11) is 0. The zero-order valence-electron chi connectivity index (χ0n) is 14.1. The molecule has 26 heavy (non-hydrogen) atoms. The minimum absolute atomic E-state index is 0.114. The highest BCUT2D eigenvalue weighted by Gasteiger charge is 2.23. The average molecular weight is 361 g/mol. The maximum absolute atomic E-state index is 12.5. The molecule has 1 aliphatic rings. The molecule has 0 aromatic heterocycles. The first kappa shape index (κ1) is 16.6. The average Bonchev–Trinajstić information content (AvgIpc) is 2.97. The van der Waals surface area contributed by atoms with Crippen molar-refractivity contribution in [3.05, 3.63) is 106 Å². The Bertz CT molecular complexity index is 1000. The van der Waals surface area contributed by atoms with Gasteiger partial charge in [-0.15, -0.1) is 0 Å². The Morgan fingerprint density at radius 3 is 2.62 bits per heavy atom. The summed E-state index contributed by atoms with van der Waals surface area (Å²) >= 11 is 6.17. The normalized spacial score (nSPS) is 14.5. The van der Waals surface area contributed by atoms with Crippen molar-refractivity contribution in [2.75, 3.05) is 0 Å². The van der Waals surface area contributed by atoms with Crippen LogP contribution in [0.25, 0.3) is 6.08 Å². The van der Waals surface area contributed by atoms with E-state index >= 15 is 0 Å². The van der Waals surface area contributed by atoms with Gasteiger partial charge in [-0.25, -0.2) is 0 Å². The Kier molecular flexibility index (Phi) is 4.59. The van der Waals surface area contributed by atoms with E-state index < -0.39 is 0 Å². The van der Waals surface area contributed by atoms with Gasteiger partial charge in [-0.3, -0.25) is 4.79 Å². The molecule has 128 valence electrons. The first-order valence-electron chi connectivity index (χ1n) is 8.50. The molecule has 0 N–H and O–H groups in total. The van der Waals surface area contributed by atoms with E-state index in [1.165, 1.54) is 0 Å². The van der Waals surface area contributed by atoms with Crippen LogP contribution in [0.3, 0.4) is 0 Å². The summed E-state index contributed by atoms with van der Waals surface area (Å²) in [5.41, 5.74) is 4.62. The predicted octanol–water partition coefficient (Wildman–Crippen LogP) is 5.74. The highest BCUT2D eigenvalue weighted by atomic mass is 35.5. The molecule has 0 fully saturated rings. The quantitative estimate of drug-likeness (QED) is 0.554. The number of ketones is 1. The second-order valence-electron chi connectivity index (χ2n) is 6.29. The molecule has 0 spiro atoms. The molecular weight excluding hydrogens is 344 g/mol. The Balaban J connectivity index is 1.52. The van der Waals surface area contributed by atoms with Gasteiger partial charge in [0.25, 0.3) is 0 Å². The lowest BCUT2D eigenvalue weighted by molar-refractivity contribution is 0.104. The van der Waals surface area contributed by atoms with Crippen LogP contribution in [0.1, 0.15) is 27.0 Å².